The Labute approximate surface area is 103 Å². The van der Waals surface area contributed by atoms with Gasteiger partial charge in [0.05, 0.1) is 12.6 Å². The lowest BCUT2D eigenvalue weighted by Crippen LogP contribution is -2.38. The molecule has 2 N–H and O–H groups in total. The maximum Gasteiger partial charge on any atom is 0.222 e. The summed E-state index contributed by atoms with van der Waals surface area (Å²) in [5, 5.41) is 12.6. The van der Waals surface area contributed by atoms with E-state index < -0.39 is 0 Å². The predicted molar refractivity (Wildman–Crippen MR) is 66.6 cm³/mol. The molecule has 2 aliphatic heterocycles. The maximum absolute atomic E-state index is 12.1. The van der Waals surface area contributed by atoms with Gasteiger partial charge in [-0.1, -0.05) is 0 Å². The summed E-state index contributed by atoms with van der Waals surface area (Å²) in [6.07, 6.45) is 6.16. The number of rotatable bonds is 4. The van der Waals surface area contributed by atoms with Crippen LogP contribution < -0.4 is 5.32 Å². The molecule has 0 aromatic rings. The number of aliphatic hydroxyl groups is 1. The van der Waals surface area contributed by atoms with Gasteiger partial charge in [0.2, 0.25) is 5.91 Å². The average molecular weight is 240 g/mol. The Morgan fingerprint density at radius 3 is 2.94 bits per heavy atom. The first-order chi connectivity index (χ1) is 8.31. The lowest BCUT2D eigenvalue weighted by molar-refractivity contribution is -0.133. The number of carbonyl (C=O) groups is 1. The monoisotopic (exact) mass is 240 g/mol. The zero-order chi connectivity index (χ0) is 12.1. The van der Waals surface area contributed by atoms with Gasteiger partial charge in [0.15, 0.2) is 0 Å². The Balaban J connectivity index is 1.72. The highest BCUT2D eigenvalue weighted by molar-refractivity contribution is 5.76. The van der Waals surface area contributed by atoms with Crippen molar-refractivity contribution < 1.29 is 9.90 Å². The second-order valence-corrected chi connectivity index (χ2v) is 5.32. The van der Waals surface area contributed by atoms with Crippen molar-refractivity contribution >= 4 is 5.91 Å². The van der Waals surface area contributed by atoms with Crippen LogP contribution in [-0.2, 0) is 4.79 Å². The minimum absolute atomic E-state index is 0.0898. The van der Waals surface area contributed by atoms with Crippen LogP contribution in [0.1, 0.15) is 38.5 Å². The van der Waals surface area contributed by atoms with E-state index in [4.69, 9.17) is 0 Å². The third-order valence-corrected chi connectivity index (χ3v) is 4.07. The number of piperidine rings is 1. The molecular weight excluding hydrogens is 216 g/mol. The molecule has 2 atom stereocenters. The Hall–Kier alpha value is -0.610. The van der Waals surface area contributed by atoms with Gasteiger partial charge in [0.1, 0.15) is 0 Å². The van der Waals surface area contributed by atoms with Crippen LogP contribution in [0, 0.1) is 5.92 Å². The molecule has 2 fully saturated rings. The first-order valence-corrected chi connectivity index (χ1v) is 6.92. The lowest BCUT2D eigenvalue weighted by atomic mass is 9.94. The average Bonchev–Trinajstić information content (AvgIpc) is 2.85. The van der Waals surface area contributed by atoms with Crippen LogP contribution in [0.2, 0.25) is 0 Å². The van der Waals surface area contributed by atoms with E-state index in [2.05, 4.69) is 5.32 Å². The SMILES string of the molecule is O=C(CCC1CCCNC1)N1CCC[C@H]1CO. The Morgan fingerprint density at radius 2 is 2.24 bits per heavy atom. The highest BCUT2D eigenvalue weighted by atomic mass is 16.3. The summed E-state index contributed by atoms with van der Waals surface area (Å²) in [4.78, 5) is 13.9. The van der Waals surface area contributed by atoms with Crippen LogP contribution >= 0.6 is 0 Å². The fourth-order valence-electron chi connectivity index (χ4n) is 3.00. The summed E-state index contributed by atoms with van der Waals surface area (Å²) in [7, 11) is 0. The van der Waals surface area contributed by atoms with E-state index in [0.717, 1.165) is 38.9 Å². The van der Waals surface area contributed by atoms with Crippen LogP contribution in [-0.4, -0.2) is 48.2 Å². The second kappa shape index (κ2) is 6.36. The van der Waals surface area contributed by atoms with Crippen molar-refractivity contribution in [1.82, 2.24) is 10.2 Å². The lowest BCUT2D eigenvalue weighted by Gasteiger charge is -2.26. The molecule has 1 unspecified atom stereocenters. The van der Waals surface area contributed by atoms with Gasteiger partial charge in [0, 0.05) is 13.0 Å². The van der Waals surface area contributed by atoms with Crippen molar-refractivity contribution in [3.8, 4) is 0 Å². The first-order valence-electron chi connectivity index (χ1n) is 6.92. The molecule has 0 bridgehead atoms. The van der Waals surface area contributed by atoms with Gasteiger partial charge >= 0.3 is 0 Å². The van der Waals surface area contributed by atoms with Gasteiger partial charge in [-0.25, -0.2) is 0 Å². The topological polar surface area (TPSA) is 52.6 Å². The highest BCUT2D eigenvalue weighted by Crippen LogP contribution is 2.21. The van der Waals surface area contributed by atoms with E-state index in [1.54, 1.807) is 0 Å². The molecule has 17 heavy (non-hydrogen) atoms. The standard InChI is InChI=1S/C13H24N2O2/c16-10-12-4-2-8-15(12)13(17)6-5-11-3-1-7-14-9-11/h11-12,14,16H,1-10H2/t11?,12-/m0/s1. The zero-order valence-electron chi connectivity index (χ0n) is 10.5. The van der Waals surface area contributed by atoms with Crippen LogP contribution in [0.3, 0.4) is 0 Å². The molecular formula is C13H24N2O2. The quantitative estimate of drug-likeness (QED) is 0.762. The molecule has 4 nitrogen and oxygen atoms in total. The Bertz CT molecular complexity index is 252. The molecule has 0 aromatic heterocycles. The van der Waals surface area contributed by atoms with Crippen LogP contribution in [0.4, 0.5) is 0 Å². The fourth-order valence-corrected chi connectivity index (χ4v) is 3.00. The van der Waals surface area contributed by atoms with Crippen molar-refractivity contribution in [2.24, 2.45) is 5.92 Å². The van der Waals surface area contributed by atoms with E-state index in [0.29, 0.717) is 12.3 Å². The number of aliphatic hydroxyl groups excluding tert-OH is 1. The zero-order valence-corrected chi connectivity index (χ0v) is 10.5. The molecule has 4 heteroatoms. The minimum atomic E-state index is 0.0898. The van der Waals surface area contributed by atoms with Gasteiger partial charge in [0.25, 0.3) is 0 Å². The molecule has 2 rings (SSSR count). The van der Waals surface area contributed by atoms with Crippen LogP contribution in [0.5, 0.6) is 0 Å². The molecule has 2 heterocycles. The third-order valence-electron chi connectivity index (χ3n) is 4.07. The molecule has 0 saturated carbocycles. The molecule has 2 saturated heterocycles. The molecule has 0 radical (unpaired) electrons. The summed E-state index contributed by atoms with van der Waals surface area (Å²) in [6, 6.07) is 0.0898. The molecule has 2 aliphatic rings. The van der Waals surface area contributed by atoms with Crippen LogP contribution in [0.15, 0.2) is 0 Å². The second-order valence-electron chi connectivity index (χ2n) is 5.32. The van der Waals surface area contributed by atoms with Crippen LogP contribution in [0.25, 0.3) is 0 Å². The highest BCUT2D eigenvalue weighted by Gasteiger charge is 2.28. The molecule has 1 amide bonds. The summed E-state index contributed by atoms with van der Waals surface area (Å²) >= 11 is 0. The number of carbonyl (C=O) groups excluding carboxylic acids is 1. The van der Waals surface area contributed by atoms with Gasteiger partial charge < -0.3 is 15.3 Å². The normalized spacial score (nSPS) is 29.6. The fraction of sp³-hybridized carbons (Fsp3) is 0.923. The van der Waals surface area contributed by atoms with E-state index >= 15 is 0 Å². The third kappa shape index (κ3) is 3.42. The summed E-state index contributed by atoms with van der Waals surface area (Å²) < 4.78 is 0. The van der Waals surface area contributed by atoms with Crippen molar-refractivity contribution in [2.75, 3.05) is 26.2 Å². The minimum Gasteiger partial charge on any atom is -0.394 e. The van der Waals surface area contributed by atoms with Gasteiger partial charge in [-0.3, -0.25) is 4.79 Å². The van der Waals surface area contributed by atoms with Crippen molar-refractivity contribution in [3.05, 3.63) is 0 Å². The summed E-state index contributed by atoms with van der Waals surface area (Å²) in [5.41, 5.74) is 0. The van der Waals surface area contributed by atoms with E-state index in [-0.39, 0.29) is 18.6 Å². The molecule has 0 spiro atoms. The van der Waals surface area contributed by atoms with Gasteiger partial charge in [-0.2, -0.15) is 0 Å². The number of hydrogen-bond acceptors (Lipinski definition) is 3. The Kier molecular flexibility index (Phi) is 4.80. The van der Waals surface area contributed by atoms with E-state index in [9.17, 15) is 9.90 Å². The number of amides is 1. The van der Waals surface area contributed by atoms with Gasteiger partial charge in [-0.05, 0) is 51.1 Å². The summed E-state index contributed by atoms with van der Waals surface area (Å²) in [6.45, 7) is 3.16. The molecule has 0 aliphatic carbocycles. The smallest absolute Gasteiger partial charge is 0.222 e. The first kappa shape index (κ1) is 12.8. The van der Waals surface area contributed by atoms with Gasteiger partial charge in [-0.15, -0.1) is 0 Å². The Morgan fingerprint density at radius 1 is 1.35 bits per heavy atom. The van der Waals surface area contributed by atoms with Crippen molar-refractivity contribution in [1.29, 1.82) is 0 Å². The van der Waals surface area contributed by atoms with Crippen molar-refractivity contribution in [2.45, 2.75) is 44.6 Å². The molecule has 0 aromatic carbocycles. The van der Waals surface area contributed by atoms with Crippen molar-refractivity contribution in [3.63, 3.8) is 0 Å². The summed E-state index contributed by atoms with van der Waals surface area (Å²) in [5.74, 6) is 0.912. The number of nitrogens with one attached hydrogen (secondary N) is 1. The predicted octanol–water partition coefficient (Wildman–Crippen LogP) is 0.749. The van der Waals surface area contributed by atoms with E-state index in [1.165, 1.54) is 12.8 Å². The largest absolute Gasteiger partial charge is 0.394 e. The molecule has 98 valence electrons. The maximum atomic E-state index is 12.1. The van der Waals surface area contributed by atoms with E-state index in [1.807, 2.05) is 4.90 Å². The number of nitrogens with zero attached hydrogens (tertiary/aromatic N) is 1. The number of hydrogen-bond donors (Lipinski definition) is 2. The number of likely N-dealkylation sites (tertiary alicyclic amines) is 1.